The Bertz CT molecular complexity index is 1020. The van der Waals surface area contributed by atoms with Crippen molar-refractivity contribution < 1.29 is 27.8 Å². The number of carbonyl (C=O) groups excluding carboxylic acids is 2. The maximum Gasteiger partial charge on any atom is 0.332 e. The molecule has 1 aromatic carbocycles. The number of ether oxygens (including phenoxy) is 2. The number of hydrogen-bond acceptors (Lipinski definition) is 5. The van der Waals surface area contributed by atoms with Gasteiger partial charge in [-0.2, -0.15) is 5.26 Å². The summed E-state index contributed by atoms with van der Waals surface area (Å²) in [4.78, 5) is 24.2. The fourth-order valence-corrected chi connectivity index (χ4v) is 3.31. The Morgan fingerprint density at radius 3 is 2.70 bits per heavy atom. The number of carbonyl (C=O) groups is 2. The van der Waals surface area contributed by atoms with E-state index in [-0.39, 0.29) is 48.2 Å². The topological polar surface area (TPSA) is 93.3 Å². The molecule has 1 aromatic heterocycles. The summed E-state index contributed by atoms with van der Waals surface area (Å²) < 4.78 is 40.3. The van der Waals surface area contributed by atoms with E-state index in [4.69, 9.17) is 14.7 Å². The normalized spacial score (nSPS) is 13.0. The highest BCUT2D eigenvalue weighted by Crippen LogP contribution is 2.43. The van der Waals surface area contributed by atoms with Crippen LogP contribution in [0.3, 0.4) is 0 Å². The van der Waals surface area contributed by atoms with Crippen molar-refractivity contribution >= 4 is 17.6 Å². The standard InChI is InChI=1S/C21H21F2N3O4/c1-3-30-17(27)11-29-10-15-18(23)20(26(2)19(15)12-4-5-12)21(28)25-14-6-7-16(22)13(8-14)9-24/h6-8,12H,3-5,10-11H2,1-2H3,(H,25,28). The molecular weight excluding hydrogens is 396 g/mol. The van der Waals surface area contributed by atoms with E-state index in [1.54, 1.807) is 20.0 Å². The first-order valence-electron chi connectivity index (χ1n) is 9.48. The Morgan fingerprint density at radius 2 is 2.07 bits per heavy atom. The van der Waals surface area contributed by atoms with Crippen LogP contribution in [0.5, 0.6) is 0 Å². The smallest absolute Gasteiger partial charge is 0.332 e. The Hall–Kier alpha value is -3.25. The van der Waals surface area contributed by atoms with Crippen LogP contribution in [0.25, 0.3) is 0 Å². The number of halogens is 2. The lowest BCUT2D eigenvalue weighted by Gasteiger charge is -2.09. The van der Waals surface area contributed by atoms with E-state index in [9.17, 15) is 14.0 Å². The molecule has 30 heavy (non-hydrogen) atoms. The summed E-state index contributed by atoms with van der Waals surface area (Å²) in [6.45, 7) is 1.40. The Labute approximate surface area is 172 Å². The van der Waals surface area contributed by atoms with Crippen molar-refractivity contribution in [2.24, 2.45) is 7.05 Å². The highest BCUT2D eigenvalue weighted by atomic mass is 19.1. The minimum atomic E-state index is -0.733. The molecule has 9 heteroatoms. The summed E-state index contributed by atoms with van der Waals surface area (Å²) in [5.74, 6) is -2.61. The van der Waals surface area contributed by atoms with Crippen molar-refractivity contribution in [1.29, 1.82) is 5.26 Å². The number of benzene rings is 1. The lowest BCUT2D eigenvalue weighted by atomic mass is 10.1. The maximum atomic E-state index is 15.2. The first-order valence-corrected chi connectivity index (χ1v) is 9.48. The molecule has 1 aliphatic carbocycles. The average Bonchev–Trinajstić information content (AvgIpc) is 3.50. The predicted molar refractivity (Wildman–Crippen MR) is 103 cm³/mol. The van der Waals surface area contributed by atoms with E-state index in [1.807, 2.05) is 0 Å². The summed E-state index contributed by atoms with van der Waals surface area (Å²) in [5, 5.41) is 11.4. The monoisotopic (exact) mass is 417 g/mol. The second kappa shape index (κ2) is 9.05. The van der Waals surface area contributed by atoms with Gasteiger partial charge in [-0.05, 0) is 43.9 Å². The van der Waals surface area contributed by atoms with Gasteiger partial charge < -0.3 is 19.4 Å². The van der Waals surface area contributed by atoms with Gasteiger partial charge in [-0.25, -0.2) is 13.6 Å². The van der Waals surface area contributed by atoms with Gasteiger partial charge in [0, 0.05) is 24.0 Å². The second-order valence-electron chi connectivity index (χ2n) is 6.92. The first kappa shape index (κ1) is 21.5. The van der Waals surface area contributed by atoms with Crippen LogP contribution < -0.4 is 5.32 Å². The van der Waals surface area contributed by atoms with Crippen LogP contribution in [0.15, 0.2) is 18.2 Å². The fourth-order valence-electron chi connectivity index (χ4n) is 3.31. The highest BCUT2D eigenvalue weighted by Gasteiger charge is 2.35. The molecule has 2 aromatic rings. The molecule has 0 atom stereocenters. The Kier molecular flexibility index (Phi) is 6.47. The molecule has 158 valence electrons. The van der Waals surface area contributed by atoms with E-state index in [2.05, 4.69) is 5.32 Å². The van der Waals surface area contributed by atoms with Crippen LogP contribution in [-0.4, -0.2) is 29.7 Å². The zero-order chi connectivity index (χ0) is 21.8. The lowest BCUT2D eigenvalue weighted by molar-refractivity contribution is -0.148. The third-order valence-electron chi connectivity index (χ3n) is 4.77. The summed E-state index contributed by atoms with van der Waals surface area (Å²) in [6, 6.07) is 5.22. The van der Waals surface area contributed by atoms with Crippen molar-refractivity contribution in [1.82, 2.24) is 4.57 Å². The molecule has 1 aliphatic rings. The van der Waals surface area contributed by atoms with Gasteiger partial charge >= 0.3 is 5.97 Å². The molecule has 1 amide bonds. The SMILES string of the molecule is CCOC(=O)COCc1c(F)c(C(=O)Nc2ccc(F)c(C#N)c2)n(C)c1C1CC1. The lowest BCUT2D eigenvalue weighted by Crippen LogP contribution is -2.18. The average molecular weight is 417 g/mol. The molecule has 1 heterocycles. The summed E-state index contributed by atoms with van der Waals surface area (Å²) in [5.41, 5.74) is 0.623. The third-order valence-corrected chi connectivity index (χ3v) is 4.77. The first-order chi connectivity index (χ1) is 14.4. The number of hydrogen-bond donors (Lipinski definition) is 1. The largest absolute Gasteiger partial charge is 0.464 e. The van der Waals surface area contributed by atoms with Gasteiger partial charge in [0.1, 0.15) is 24.2 Å². The number of nitriles is 1. The summed E-state index contributed by atoms with van der Waals surface area (Å²) in [6.07, 6.45) is 1.74. The van der Waals surface area contributed by atoms with Gasteiger partial charge in [0.05, 0.1) is 18.8 Å². The van der Waals surface area contributed by atoms with Crippen LogP contribution in [0.1, 0.15) is 53.0 Å². The van der Waals surface area contributed by atoms with Gasteiger partial charge in [0.15, 0.2) is 5.82 Å². The molecule has 0 unspecified atom stereocenters. The van der Waals surface area contributed by atoms with Gasteiger partial charge in [-0.3, -0.25) is 4.79 Å². The van der Waals surface area contributed by atoms with Crippen LogP contribution in [0, 0.1) is 23.0 Å². The molecule has 0 radical (unpaired) electrons. The highest BCUT2D eigenvalue weighted by molar-refractivity contribution is 6.03. The Balaban J connectivity index is 1.83. The van der Waals surface area contributed by atoms with Gasteiger partial charge in [-0.1, -0.05) is 0 Å². The number of anilines is 1. The van der Waals surface area contributed by atoms with Crippen molar-refractivity contribution in [3.05, 3.63) is 52.3 Å². The van der Waals surface area contributed by atoms with E-state index in [0.717, 1.165) is 18.9 Å². The van der Waals surface area contributed by atoms with E-state index in [0.29, 0.717) is 5.69 Å². The Morgan fingerprint density at radius 1 is 1.33 bits per heavy atom. The number of nitrogens with one attached hydrogen (secondary N) is 1. The van der Waals surface area contributed by atoms with E-state index >= 15 is 4.39 Å². The number of aromatic nitrogens is 1. The van der Waals surface area contributed by atoms with Crippen LogP contribution in [-0.2, 0) is 27.9 Å². The minimum absolute atomic E-state index is 0.114. The van der Waals surface area contributed by atoms with Gasteiger partial charge in [0.2, 0.25) is 0 Å². The van der Waals surface area contributed by atoms with Crippen LogP contribution in [0.2, 0.25) is 0 Å². The fraction of sp³-hybridized carbons (Fsp3) is 0.381. The van der Waals surface area contributed by atoms with Gasteiger partial charge in [-0.15, -0.1) is 0 Å². The number of amides is 1. The third kappa shape index (κ3) is 4.49. The molecule has 0 aliphatic heterocycles. The van der Waals surface area contributed by atoms with Crippen LogP contribution >= 0.6 is 0 Å². The van der Waals surface area contributed by atoms with Crippen molar-refractivity contribution in [3.63, 3.8) is 0 Å². The second-order valence-corrected chi connectivity index (χ2v) is 6.92. The van der Waals surface area contributed by atoms with E-state index in [1.165, 1.54) is 16.7 Å². The van der Waals surface area contributed by atoms with E-state index < -0.39 is 23.5 Å². The molecule has 0 saturated heterocycles. The molecule has 0 spiro atoms. The van der Waals surface area contributed by atoms with Crippen molar-refractivity contribution in [2.45, 2.75) is 32.3 Å². The number of esters is 1. The molecule has 3 rings (SSSR count). The van der Waals surface area contributed by atoms with Gasteiger partial charge in [0.25, 0.3) is 5.91 Å². The summed E-state index contributed by atoms with van der Waals surface area (Å²) in [7, 11) is 1.59. The molecule has 1 N–H and O–H groups in total. The zero-order valence-electron chi connectivity index (χ0n) is 16.6. The van der Waals surface area contributed by atoms with Crippen molar-refractivity contribution in [3.8, 4) is 6.07 Å². The quantitative estimate of drug-likeness (QED) is 0.665. The number of rotatable bonds is 8. The minimum Gasteiger partial charge on any atom is -0.464 e. The van der Waals surface area contributed by atoms with Crippen LogP contribution in [0.4, 0.5) is 14.5 Å². The summed E-state index contributed by atoms with van der Waals surface area (Å²) >= 11 is 0. The molecule has 7 nitrogen and oxygen atoms in total. The van der Waals surface area contributed by atoms with Crippen molar-refractivity contribution in [2.75, 3.05) is 18.5 Å². The number of nitrogens with zero attached hydrogens (tertiary/aromatic N) is 2. The predicted octanol–water partition coefficient (Wildman–Crippen LogP) is 3.38. The molecule has 0 bridgehead atoms. The maximum absolute atomic E-state index is 15.2. The molecular formula is C21H21F2N3O4. The zero-order valence-corrected chi connectivity index (χ0v) is 16.6. The molecule has 1 saturated carbocycles. The molecule has 1 fully saturated rings.